The van der Waals surface area contributed by atoms with Crippen molar-refractivity contribution in [3.63, 3.8) is 0 Å². The summed E-state index contributed by atoms with van der Waals surface area (Å²) in [5.74, 6) is 0.254. The first-order chi connectivity index (χ1) is 8.58. The third-order valence-corrected chi connectivity index (χ3v) is 3.42. The molecule has 1 aromatic heterocycles. The highest BCUT2D eigenvalue weighted by molar-refractivity contribution is 9.10. The Labute approximate surface area is 117 Å². The monoisotopic (exact) mass is 328 g/mol. The number of hydrogen-bond donors (Lipinski definition) is 2. The van der Waals surface area contributed by atoms with Gasteiger partial charge in [-0.25, -0.2) is 0 Å². The zero-order valence-electron chi connectivity index (χ0n) is 9.24. The van der Waals surface area contributed by atoms with Crippen LogP contribution in [0.4, 0.5) is 5.69 Å². The predicted octanol–water partition coefficient (Wildman–Crippen LogP) is 3.41. The van der Waals surface area contributed by atoms with E-state index in [-0.39, 0.29) is 0 Å². The van der Waals surface area contributed by atoms with E-state index in [1.807, 2.05) is 0 Å². The number of halogens is 2. The van der Waals surface area contributed by atoms with Crippen LogP contribution >= 0.6 is 27.5 Å². The summed E-state index contributed by atoms with van der Waals surface area (Å²) in [5.41, 5.74) is 6.25. The standard InChI is InChI=1S/C12H10BrClN2O2/c13-8-3-4-18-11(8)6-16-10-5-7(12(15)17)1-2-9(10)14/h1-5,16H,6H2,(H2,15,17). The van der Waals surface area contributed by atoms with Gasteiger partial charge in [0, 0.05) is 5.56 Å². The molecule has 0 fully saturated rings. The van der Waals surface area contributed by atoms with Crippen molar-refractivity contribution in [3.8, 4) is 0 Å². The average molecular weight is 330 g/mol. The maximum atomic E-state index is 11.1. The fourth-order valence-corrected chi connectivity index (χ4v) is 1.97. The number of primary amides is 1. The molecule has 3 N–H and O–H groups in total. The minimum absolute atomic E-state index is 0.403. The first-order valence-corrected chi connectivity index (χ1v) is 6.30. The summed E-state index contributed by atoms with van der Waals surface area (Å²) in [6, 6.07) is 6.62. The minimum atomic E-state index is -0.492. The molecule has 0 spiro atoms. The number of benzene rings is 1. The summed E-state index contributed by atoms with van der Waals surface area (Å²) in [5, 5.41) is 3.60. The van der Waals surface area contributed by atoms with Gasteiger partial charge in [-0.05, 0) is 40.2 Å². The molecule has 4 nitrogen and oxygen atoms in total. The second kappa shape index (κ2) is 5.46. The third-order valence-electron chi connectivity index (χ3n) is 2.38. The molecule has 18 heavy (non-hydrogen) atoms. The quantitative estimate of drug-likeness (QED) is 0.903. The fourth-order valence-electron chi connectivity index (χ4n) is 1.44. The minimum Gasteiger partial charge on any atom is -0.466 e. The lowest BCUT2D eigenvalue weighted by molar-refractivity contribution is 0.100. The molecule has 0 aliphatic heterocycles. The van der Waals surface area contributed by atoms with Gasteiger partial charge in [0.05, 0.1) is 28.0 Å². The Bertz CT molecular complexity index is 583. The van der Waals surface area contributed by atoms with Gasteiger partial charge in [0.15, 0.2) is 0 Å². The van der Waals surface area contributed by atoms with Gasteiger partial charge in [-0.1, -0.05) is 11.6 Å². The van der Waals surface area contributed by atoms with E-state index >= 15 is 0 Å². The van der Waals surface area contributed by atoms with Crippen molar-refractivity contribution in [2.24, 2.45) is 5.73 Å². The molecule has 0 aliphatic rings. The van der Waals surface area contributed by atoms with Crippen molar-refractivity contribution in [2.75, 3.05) is 5.32 Å². The normalized spacial score (nSPS) is 10.3. The van der Waals surface area contributed by atoms with Gasteiger partial charge in [-0.2, -0.15) is 0 Å². The summed E-state index contributed by atoms with van der Waals surface area (Å²) >= 11 is 9.38. The molecule has 2 aromatic rings. The number of anilines is 1. The molecule has 1 aromatic carbocycles. The van der Waals surface area contributed by atoms with Gasteiger partial charge < -0.3 is 15.5 Å². The van der Waals surface area contributed by atoms with Crippen LogP contribution in [0, 0.1) is 0 Å². The van der Waals surface area contributed by atoms with Gasteiger partial charge in [-0.15, -0.1) is 0 Å². The highest BCUT2D eigenvalue weighted by Crippen LogP contribution is 2.25. The predicted molar refractivity (Wildman–Crippen MR) is 73.7 cm³/mol. The van der Waals surface area contributed by atoms with Crippen molar-refractivity contribution in [1.82, 2.24) is 0 Å². The number of hydrogen-bond acceptors (Lipinski definition) is 3. The van der Waals surface area contributed by atoms with E-state index in [9.17, 15) is 4.79 Å². The van der Waals surface area contributed by atoms with Crippen LogP contribution in [0.25, 0.3) is 0 Å². The van der Waals surface area contributed by atoms with Gasteiger partial charge in [0.2, 0.25) is 5.91 Å². The molecule has 1 amide bonds. The van der Waals surface area contributed by atoms with Crippen molar-refractivity contribution >= 4 is 39.1 Å². The van der Waals surface area contributed by atoms with E-state index in [4.69, 9.17) is 21.8 Å². The maximum absolute atomic E-state index is 11.1. The zero-order valence-corrected chi connectivity index (χ0v) is 11.6. The lowest BCUT2D eigenvalue weighted by Gasteiger charge is -2.08. The van der Waals surface area contributed by atoms with E-state index in [0.717, 1.165) is 10.2 Å². The molecule has 0 saturated heterocycles. The van der Waals surface area contributed by atoms with E-state index in [0.29, 0.717) is 22.8 Å². The SMILES string of the molecule is NC(=O)c1ccc(Cl)c(NCc2occc2Br)c1. The van der Waals surface area contributed by atoms with Gasteiger partial charge >= 0.3 is 0 Å². The van der Waals surface area contributed by atoms with E-state index in [1.54, 1.807) is 30.5 Å². The summed E-state index contributed by atoms with van der Waals surface area (Å²) in [4.78, 5) is 11.1. The smallest absolute Gasteiger partial charge is 0.248 e. The Kier molecular flexibility index (Phi) is 3.93. The van der Waals surface area contributed by atoms with Crippen LogP contribution in [0.3, 0.4) is 0 Å². The molecule has 0 atom stereocenters. The topological polar surface area (TPSA) is 68.3 Å². The van der Waals surface area contributed by atoms with Crippen LogP contribution in [-0.2, 0) is 6.54 Å². The summed E-state index contributed by atoms with van der Waals surface area (Å²) in [6.07, 6.45) is 1.59. The number of carbonyl (C=O) groups is 1. The molecule has 0 radical (unpaired) electrons. The van der Waals surface area contributed by atoms with Crippen LogP contribution in [0.15, 0.2) is 39.4 Å². The van der Waals surface area contributed by atoms with Crippen LogP contribution in [0.5, 0.6) is 0 Å². The maximum Gasteiger partial charge on any atom is 0.248 e. The molecule has 0 unspecified atom stereocenters. The largest absolute Gasteiger partial charge is 0.466 e. The van der Waals surface area contributed by atoms with Crippen molar-refractivity contribution in [2.45, 2.75) is 6.54 Å². The highest BCUT2D eigenvalue weighted by atomic mass is 79.9. The number of carbonyl (C=O) groups excluding carboxylic acids is 1. The number of amides is 1. The molecule has 94 valence electrons. The second-order valence-corrected chi connectivity index (χ2v) is 4.87. The van der Waals surface area contributed by atoms with Gasteiger partial charge in [-0.3, -0.25) is 4.79 Å². The summed E-state index contributed by atoms with van der Waals surface area (Å²) < 4.78 is 6.13. The van der Waals surface area contributed by atoms with Crippen LogP contribution in [0.1, 0.15) is 16.1 Å². The fraction of sp³-hybridized carbons (Fsp3) is 0.0833. The van der Waals surface area contributed by atoms with Crippen molar-refractivity contribution < 1.29 is 9.21 Å². The Morgan fingerprint density at radius 3 is 2.83 bits per heavy atom. The van der Waals surface area contributed by atoms with Crippen LogP contribution in [0.2, 0.25) is 5.02 Å². The van der Waals surface area contributed by atoms with E-state index in [2.05, 4.69) is 21.2 Å². The van der Waals surface area contributed by atoms with E-state index < -0.39 is 5.91 Å². The molecule has 0 aliphatic carbocycles. The highest BCUT2D eigenvalue weighted by Gasteiger charge is 2.08. The molecule has 6 heteroatoms. The molecule has 2 rings (SSSR count). The van der Waals surface area contributed by atoms with Crippen molar-refractivity contribution in [1.29, 1.82) is 0 Å². The Morgan fingerprint density at radius 1 is 1.44 bits per heavy atom. The summed E-state index contributed by atoms with van der Waals surface area (Å²) in [6.45, 7) is 0.454. The number of furan rings is 1. The molecule has 0 saturated carbocycles. The first-order valence-electron chi connectivity index (χ1n) is 5.13. The second-order valence-electron chi connectivity index (χ2n) is 3.60. The zero-order chi connectivity index (χ0) is 13.1. The van der Waals surface area contributed by atoms with Gasteiger partial charge in [0.1, 0.15) is 5.76 Å². The lowest BCUT2D eigenvalue weighted by Crippen LogP contribution is -2.11. The van der Waals surface area contributed by atoms with Crippen LogP contribution in [-0.4, -0.2) is 5.91 Å². The molecular weight excluding hydrogens is 320 g/mol. The first kappa shape index (κ1) is 13.0. The number of nitrogens with one attached hydrogen (secondary N) is 1. The number of nitrogens with two attached hydrogens (primary N) is 1. The Morgan fingerprint density at radius 2 is 2.22 bits per heavy atom. The Hall–Kier alpha value is -1.46. The van der Waals surface area contributed by atoms with E-state index in [1.165, 1.54) is 0 Å². The Balaban J connectivity index is 2.16. The molecule has 0 bridgehead atoms. The van der Waals surface area contributed by atoms with Gasteiger partial charge in [0.25, 0.3) is 0 Å². The summed E-state index contributed by atoms with van der Waals surface area (Å²) in [7, 11) is 0. The van der Waals surface area contributed by atoms with Crippen LogP contribution < -0.4 is 11.1 Å². The number of rotatable bonds is 4. The molecular formula is C12H10BrClN2O2. The molecule has 1 heterocycles. The lowest BCUT2D eigenvalue weighted by atomic mass is 10.2. The van der Waals surface area contributed by atoms with Crippen molar-refractivity contribution in [3.05, 3.63) is 51.3 Å². The third kappa shape index (κ3) is 2.86. The average Bonchev–Trinajstić information content (AvgIpc) is 2.73.